The number of halogens is 1. The van der Waals surface area contributed by atoms with E-state index in [1.54, 1.807) is 24.2 Å². The Morgan fingerprint density at radius 3 is 2.61 bits per heavy atom. The number of fused-ring (bicyclic) bond motifs is 1. The second kappa shape index (κ2) is 11.8. The zero-order chi connectivity index (χ0) is 26.6. The van der Waals surface area contributed by atoms with Gasteiger partial charge in [-0.1, -0.05) is 42.5 Å². The highest BCUT2D eigenvalue weighted by Gasteiger charge is 2.37. The van der Waals surface area contributed by atoms with Gasteiger partial charge in [0.2, 0.25) is 5.91 Å². The Balaban J connectivity index is 1.32. The molecular formula is C29H27IN2O5S. The molecule has 0 aliphatic carbocycles. The molecule has 2 aliphatic heterocycles. The normalized spacial score (nSPS) is 16.9. The summed E-state index contributed by atoms with van der Waals surface area (Å²) in [4.78, 5) is 41.3. The molecule has 7 nitrogen and oxygen atoms in total. The molecule has 3 amide bonds. The predicted octanol–water partition coefficient (Wildman–Crippen LogP) is 6.08. The van der Waals surface area contributed by atoms with Crippen molar-refractivity contribution in [2.45, 2.75) is 25.9 Å². The molecule has 2 heterocycles. The quantitative estimate of drug-likeness (QED) is 0.230. The van der Waals surface area contributed by atoms with E-state index >= 15 is 0 Å². The van der Waals surface area contributed by atoms with Gasteiger partial charge in [0.05, 0.1) is 15.6 Å². The van der Waals surface area contributed by atoms with E-state index in [4.69, 9.17) is 9.47 Å². The van der Waals surface area contributed by atoms with Crippen molar-refractivity contribution < 1.29 is 23.9 Å². The Bertz CT molecular complexity index is 1430. The molecular weight excluding hydrogens is 615 g/mol. The molecule has 0 atom stereocenters. The van der Waals surface area contributed by atoms with Crippen molar-refractivity contribution >= 4 is 68.3 Å². The van der Waals surface area contributed by atoms with Crippen LogP contribution < -0.4 is 9.47 Å². The second-order valence-corrected chi connectivity index (χ2v) is 11.3. The minimum Gasteiger partial charge on any atom is -0.493 e. The zero-order valence-electron chi connectivity index (χ0n) is 20.9. The van der Waals surface area contributed by atoms with Gasteiger partial charge < -0.3 is 14.4 Å². The van der Waals surface area contributed by atoms with Gasteiger partial charge in [-0.05, 0) is 93.7 Å². The van der Waals surface area contributed by atoms with E-state index in [1.807, 2.05) is 30.3 Å². The van der Waals surface area contributed by atoms with E-state index in [-0.39, 0.29) is 17.4 Å². The van der Waals surface area contributed by atoms with Crippen molar-refractivity contribution in [1.29, 1.82) is 0 Å². The van der Waals surface area contributed by atoms with Crippen LogP contribution in [-0.2, 0) is 16.2 Å². The topological polar surface area (TPSA) is 76.2 Å². The Hall–Kier alpha value is -3.05. The molecule has 0 spiro atoms. The van der Waals surface area contributed by atoms with Crippen molar-refractivity contribution in [3.63, 3.8) is 0 Å². The van der Waals surface area contributed by atoms with Crippen LogP contribution in [-0.4, -0.2) is 53.6 Å². The monoisotopic (exact) mass is 642 g/mol. The Morgan fingerprint density at radius 1 is 1.05 bits per heavy atom. The number of imide groups is 1. The van der Waals surface area contributed by atoms with Crippen LogP contribution in [0, 0.1) is 3.57 Å². The molecule has 2 saturated heterocycles. The lowest BCUT2D eigenvalue weighted by atomic mass is 10.1. The molecule has 0 radical (unpaired) electrons. The van der Waals surface area contributed by atoms with E-state index in [9.17, 15) is 14.4 Å². The number of likely N-dealkylation sites (tertiary alicyclic amines) is 1. The Morgan fingerprint density at radius 2 is 1.82 bits per heavy atom. The van der Waals surface area contributed by atoms with Gasteiger partial charge in [0.1, 0.15) is 13.2 Å². The molecule has 38 heavy (non-hydrogen) atoms. The number of rotatable bonds is 7. The highest BCUT2D eigenvalue weighted by molar-refractivity contribution is 14.1. The van der Waals surface area contributed by atoms with Gasteiger partial charge in [0.25, 0.3) is 11.1 Å². The average molecular weight is 643 g/mol. The molecule has 0 unspecified atom stereocenters. The standard InChI is InChI=1S/C29H27IN2O5S/c1-36-24-15-19(14-23(30)27(24)37-18-21-10-7-9-20-8-3-4-11-22(20)21)16-25-28(34)32(29(35)38-25)17-26(33)31-12-5-2-6-13-31/h3-4,7-11,14-16H,2,5-6,12-13,17-18H2,1H3/b25-16-. The largest absolute Gasteiger partial charge is 0.493 e. The SMILES string of the molecule is COc1cc(/C=C2\SC(=O)N(CC(=O)N3CCCCC3)C2=O)cc(I)c1OCc1cccc2ccccc12. The summed E-state index contributed by atoms with van der Waals surface area (Å²) < 4.78 is 12.6. The molecule has 3 aromatic rings. The molecule has 2 fully saturated rings. The fraction of sp³-hybridized carbons (Fsp3) is 0.276. The molecule has 0 bridgehead atoms. The molecule has 9 heteroatoms. The molecule has 0 aromatic heterocycles. The predicted molar refractivity (Wildman–Crippen MR) is 157 cm³/mol. The first-order chi connectivity index (χ1) is 18.4. The minimum absolute atomic E-state index is 0.183. The summed E-state index contributed by atoms with van der Waals surface area (Å²) in [5, 5.41) is 1.86. The summed E-state index contributed by atoms with van der Waals surface area (Å²) >= 11 is 3.03. The lowest BCUT2D eigenvalue weighted by Crippen LogP contribution is -2.44. The second-order valence-electron chi connectivity index (χ2n) is 9.17. The van der Waals surface area contributed by atoms with Crippen LogP contribution in [0.25, 0.3) is 16.8 Å². The summed E-state index contributed by atoms with van der Waals surface area (Å²) in [6, 6.07) is 18.0. The van der Waals surface area contributed by atoms with Crippen molar-refractivity contribution in [1.82, 2.24) is 9.80 Å². The summed E-state index contributed by atoms with van der Waals surface area (Å²) in [5.41, 5.74) is 1.77. The number of piperidine rings is 1. The van der Waals surface area contributed by atoms with Crippen molar-refractivity contribution in [2.75, 3.05) is 26.7 Å². The number of ether oxygens (including phenoxy) is 2. The maximum absolute atomic E-state index is 13.0. The Labute approximate surface area is 239 Å². The number of benzene rings is 3. The number of methoxy groups -OCH3 is 1. The number of hydrogen-bond donors (Lipinski definition) is 0. The number of thioether (sulfide) groups is 1. The van der Waals surface area contributed by atoms with E-state index < -0.39 is 11.1 Å². The maximum Gasteiger partial charge on any atom is 0.294 e. The molecule has 3 aromatic carbocycles. The third-order valence-electron chi connectivity index (χ3n) is 6.68. The molecule has 2 aliphatic rings. The molecule has 0 saturated carbocycles. The lowest BCUT2D eigenvalue weighted by molar-refractivity contribution is -0.136. The van der Waals surface area contributed by atoms with Crippen LogP contribution >= 0.6 is 34.4 Å². The number of nitrogens with zero attached hydrogens (tertiary/aromatic N) is 2. The van der Waals surface area contributed by atoms with Crippen molar-refractivity contribution in [3.8, 4) is 11.5 Å². The average Bonchev–Trinajstić information content (AvgIpc) is 3.19. The third-order valence-corrected chi connectivity index (χ3v) is 8.39. The van der Waals surface area contributed by atoms with Gasteiger partial charge >= 0.3 is 0 Å². The van der Waals surface area contributed by atoms with Crippen LogP contribution in [0.1, 0.15) is 30.4 Å². The number of carbonyl (C=O) groups excluding carboxylic acids is 3. The first kappa shape index (κ1) is 26.6. The van der Waals surface area contributed by atoms with Gasteiger partial charge in [-0.25, -0.2) is 0 Å². The number of amides is 3. The summed E-state index contributed by atoms with van der Waals surface area (Å²) in [5.74, 6) is 0.508. The van der Waals surface area contributed by atoms with Gasteiger partial charge in [0.15, 0.2) is 11.5 Å². The third kappa shape index (κ3) is 5.68. The zero-order valence-corrected chi connectivity index (χ0v) is 23.9. The minimum atomic E-state index is -0.449. The van der Waals surface area contributed by atoms with Crippen LogP contribution in [0.15, 0.2) is 59.5 Å². The fourth-order valence-electron chi connectivity index (χ4n) is 4.70. The van der Waals surface area contributed by atoms with E-state index in [1.165, 1.54) is 0 Å². The van der Waals surface area contributed by atoms with Crippen LogP contribution in [0.4, 0.5) is 4.79 Å². The van der Waals surface area contributed by atoms with E-state index in [0.29, 0.717) is 36.8 Å². The number of hydrogen-bond acceptors (Lipinski definition) is 6. The van der Waals surface area contributed by atoms with Gasteiger partial charge in [-0.3, -0.25) is 19.3 Å². The fourth-order valence-corrected chi connectivity index (χ4v) is 6.32. The van der Waals surface area contributed by atoms with Gasteiger partial charge in [0, 0.05) is 13.1 Å². The first-order valence-corrected chi connectivity index (χ1v) is 14.3. The summed E-state index contributed by atoms with van der Waals surface area (Å²) in [6.45, 7) is 1.51. The maximum atomic E-state index is 13.0. The van der Waals surface area contributed by atoms with Gasteiger partial charge in [-0.2, -0.15) is 0 Å². The van der Waals surface area contributed by atoms with Crippen LogP contribution in [0.2, 0.25) is 0 Å². The smallest absolute Gasteiger partial charge is 0.294 e. The Kier molecular flexibility index (Phi) is 8.23. The van der Waals surface area contributed by atoms with Crippen molar-refractivity contribution in [3.05, 3.63) is 74.2 Å². The molecule has 196 valence electrons. The highest BCUT2D eigenvalue weighted by atomic mass is 127. The van der Waals surface area contributed by atoms with Crippen molar-refractivity contribution in [2.24, 2.45) is 0 Å². The lowest BCUT2D eigenvalue weighted by Gasteiger charge is -2.27. The number of carbonyl (C=O) groups is 3. The summed E-state index contributed by atoms with van der Waals surface area (Å²) in [6.07, 6.45) is 4.67. The first-order valence-electron chi connectivity index (χ1n) is 12.4. The molecule has 0 N–H and O–H groups in total. The van der Waals surface area contributed by atoms with E-state index in [0.717, 1.165) is 55.8 Å². The van der Waals surface area contributed by atoms with Crippen LogP contribution in [0.3, 0.4) is 0 Å². The highest BCUT2D eigenvalue weighted by Crippen LogP contribution is 2.38. The molecule has 5 rings (SSSR count). The van der Waals surface area contributed by atoms with Gasteiger partial charge in [-0.15, -0.1) is 0 Å². The van der Waals surface area contributed by atoms with E-state index in [2.05, 4.69) is 40.8 Å². The summed E-state index contributed by atoms with van der Waals surface area (Å²) in [7, 11) is 1.57. The van der Waals surface area contributed by atoms with Crippen LogP contribution in [0.5, 0.6) is 11.5 Å².